The summed E-state index contributed by atoms with van der Waals surface area (Å²) in [4.78, 5) is 15.0. The Hall–Kier alpha value is -1.35. The molecule has 0 radical (unpaired) electrons. The Labute approximate surface area is 126 Å². The second kappa shape index (κ2) is 3.89. The molecule has 2 atom stereocenters. The molecule has 2 saturated carbocycles. The summed E-state index contributed by atoms with van der Waals surface area (Å²) in [6.07, 6.45) is 3.18. The van der Waals surface area contributed by atoms with Crippen molar-refractivity contribution < 1.29 is 4.79 Å². The largest absolute Gasteiger partial charge is 0.318 e. The maximum atomic E-state index is 12.9. The summed E-state index contributed by atoms with van der Waals surface area (Å²) in [7, 11) is 0. The molecule has 1 aliphatic heterocycles. The molecule has 1 N–H and O–H groups in total. The average molecular weight is 284 g/mol. The minimum Gasteiger partial charge on any atom is -0.318 e. The second-order valence-corrected chi connectivity index (χ2v) is 7.91. The Bertz CT molecular complexity index is 630. The van der Waals surface area contributed by atoms with Crippen LogP contribution < -0.4 is 5.32 Å². The first-order chi connectivity index (χ1) is 9.84. The third kappa shape index (κ3) is 1.87. The number of rotatable bonds is 2. The highest BCUT2D eigenvalue weighted by Crippen LogP contribution is 2.56. The number of amides is 1. The molecule has 1 saturated heterocycles. The van der Waals surface area contributed by atoms with E-state index < -0.39 is 0 Å². The molecule has 1 spiro atoms. The summed E-state index contributed by atoms with van der Waals surface area (Å²) in [5, 5.41) is 3.65. The molecule has 0 aromatic heterocycles. The number of benzene rings is 1. The van der Waals surface area contributed by atoms with E-state index in [0.717, 1.165) is 19.3 Å². The predicted molar refractivity (Wildman–Crippen MR) is 82.8 cm³/mol. The minimum atomic E-state index is -0.235. The van der Waals surface area contributed by atoms with Gasteiger partial charge in [-0.1, -0.05) is 37.6 Å². The summed E-state index contributed by atoms with van der Waals surface area (Å²) < 4.78 is 0. The van der Waals surface area contributed by atoms with Crippen LogP contribution >= 0.6 is 0 Å². The lowest BCUT2D eigenvalue weighted by atomic mass is 10.0. The van der Waals surface area contributed by atoms with Gasteiger partial charge >= 0.3 is 0 Å². The van der Waals surface area contributed by atoms with Gasteiger partial charge in [-0.25, -0.2) is 0 Å². The van der Waals surface area contributed by atoms with Gasteiger partial charge in [0.15, 0.2) is 0 Å². The normalized spacial score (nSPS) is 31.8. The van der Waals surface area contributed by atoms with Gasteiger partial charge in [0.1, 0.15) is 11.7 Å². The van der Waals surface area contributed by atoms with Crippen LogP contribution in [-0.4, -0.2) is 22.4 Å². The quantitative estimate of drug-likeness (QED) is 0.905. The van der Waals surface area contributed by atoms with E-state index >= 15 is 0 Å². The molecule has 2 unspecified atom stereocenters. The van der Waals surface area contributed by atoms with E-state index in [1.54, 1.807) is 0 Å². The molecule has 1 amide bonds. The fourth-order valence-electron chi connectivity index (χ4n) is 3.84. The molecule has 0 bridgehead atoms. The van der Waals surface area contributed by atoms with Gasteiger partial charge in [-0.2, -0.15) is 0 Å². The van der Waals surface area contributed by atoms with Crippen LogP contribution in [-0.2, 0) is 4.79 Å². The summed E-state index contributed by atoms with van der Waals surface area (Å²) in [5.41, 5.74) is 3.86. The van der Waals surface area contributed by atoms with Crippen molar-refractivity contribution in [2.24, 2.45) is 5.41 Å². The Morgan fingerprint density at radius 3 is 2.43 bits per heavy atom. The fraction of sp³-hybridized carbons (Fsp3) is 0.611. The Balaban J connectivity index is 1.74. The summed E-state index contributed by atoms with van der Waals surface area (Å²) in [6, 6.07) is 6.96. The van der Waals surface area contributed by atoms with Crippen LogP contribution in [0, 0.1) is 19.3 Å². The Kier molecular flexibility index (Phi) is 2.47. The van der Waals surface area contributed by atoms with Gasteiger partial charge in [0, 0.05) is 6.04 Å². The lowest BCUT2D eigenvalue weighted by molar-refractivity contribution is -0.131. The monoisotopic (exact) mass is 284 g/mol. The van der Waals surface area contributed by atoms with Gasteiger partial charge in [0.2, 0.25) is 5.91 Å². The molecule has 3 nitrogen and oxygen atoms in total. The first-order valence-electron chi connectivity index (χ1n) is 8.02. The van der Waals surface area contributed by atoms with E-state index in [4.69, 9.17) is 0 Å². The molecule has 4 rings (SSSR count). The van der Waals surface area contributed by atoms with Crippen molar-refractivity contribution in [3.8, 4) is 0 Å². The van der Waals surface area contributed by atoms with Crippen molar-refractivity contribution in [1.29, 1.82) is 0 Å². The lowest BCUT2D eigenvalue weighted by Gasteiger charge is -2.27. The van der Waals surface area contributed by atoms with E-state index in [1.807, 2.05) is 0 Å². The highest BCUT2D eigenvalue weighted by atomic mass is 16.2. The molecule has 3 fully saturated rings. The SMILES string of the molecule is Cc1ccc(C2NC3(CC3)C(=O)N2C2CC2(C)C)c(C)c1. The highest BCUT2D eigenvalue weighted by Gasteiger charge is 2.65. The Morgan fingerprint density at radius 2 is 1.90 bits per heavy atom. The van der Waals surface area contributed by atoms with Gasteiger partial charge in [0.05, 0.1) is 0 Å². The molecule has 1 aromatic carbocycles. The molecule has 3 heteroatoms. The summed E-state index contributed by atoms with van der Waals surface area (Å²) >= 11 is 0. The minimum absolute atomic E-state index is 0.0624. The third-order valence-electron chi connectivity index (χ3n) is 5.60. The predicted octanol–water partition coefficient (Wildman–Crippen LogP) is 3.06. The second-order valence-electron chi connectivity index (χ2n) is 7.91. The topological polar surface area (TPSA) is 32.3 Å². The maximum absolute atomic E-state index is 12.9. The van der Waals surface area contributed by atoms with E-state index in [2.05, 4.69) is 56.1 Å². The van der Waals surface area contributed by atoms with Crippen LogP contribution in [0.2, 0.25) is 0 Å². The number of nitrogens with zero attached hydrogens (tertiary/aromatic N) is 1. The highest BCUT2D eigenvalue weighted by molar-refractivity contribution is 5.92. The fourth-order valence-corrected chi connectivity index (χ4v) is 3.84. The molecule has 112 valence electrons. The van der Waals surface area contributed by atoms with Gasteiger partial charge < -0.3 is 4.90 Å². The first kappa shape index (κ1) is 13.3. The van der Waals surface area contributed by atoms with E-state index in [-0.39, 0.29) is 17.1 Å². The zero-order chi connectivity index (χ0) is 15.0. The number of carbonyl (C=O) groups is 1. The third-order valence-corrected chi connectivity index (χ3v) is 5.60. The van der Waals surface area contributed by atoms with E-state index in [0.29, 0.717) is 11.9 Å². The van der Waals surface area contributed by atoms with Crippen molar-refractivity contribution in [2.45, 2.75) is 64.7 Å². The molecule has 1 aromatic rings. The molecular formula is C18H24N2O. The number of hydrogen-bond donors (Lipinski definition) is 1. The average Bonchev–Trinajstić information content (AvgIpc) is 3.25. The van der Waals surface area contributed by atoms with Crippen LogP contribution in [0.15, 0.2) is 18.2 Å². The number of carbonyl (C=O) groups excluding carboxylic acids is 1. The van der Waals surface area contributed by atoms with Gasteiger partial charge in [-0.3, -0.25) is 10.1 Å². The number of hydrogen-bond acceptors (Lipinski definition) is 2. The Morgan fingerprint density at radius 1 is 1.24 bits per heavy atom. The molecule has 2 aliphatic carbocycles. The molecule has 1 heterocycles. The van der Waals surface area contributed by atoms with Gasteiger partial charge in [-0.15, -0.1) is 0 Å². The smallest absolute Gasteiger partial charge is 0.244 e. The molecule has 21 heavy (non-hydrogen) atoms. The zero-order valence-electron chi connectivity index (χ0n) is 13.4. The van der Waals surface area contributed by atoms with Crippen molar-refractivity contribution in [2.75, 3.05) is 0 Å². The van der Waals surface area contributed by atoms with Crippen LogP contribution in [0.1, 0.15) is 56.0 Å². The number of aryl methyl sites for hydroxylation is 2. The standard InChI is InChI=1S/C18H24N2O/c1-11-5-6-13(12(2)9-11)15-19-18(7-8-18)16(21)20(15)14-10-17(14,3)4/h5-6,9,14-15,19H,7-8,10H2,1-4H3. The van der Waals surface area contributed by atoms with Crippen LogP contribution in [0.25, 0.3) is 0 Å². The summed E-state index contributed by atoms with van der Waals surface area (Å²) in [5.74, 6) is 0.336. The molecule has 3 aliphatic rings. The maximum Gasteiger partial charge on any atom is 0.244 e. The van der Waals surface area contributed by atoms with Crippen molar-refractivity contribution >= 4 is 5.91 Å². The molecular weight excluding hydrogens is 260 g/mol. The zero-order valence-corrected chi connectivity index (χ0v) is 13.4. The number of nitrogens with one attached hydrogen (secondary N) is 1. The van der Waals surface area contributed by atoms with Crippen LogP contribution in [0.3, 0.4) is 0 Å². The first-order valence-corrected chi connectivity index (χ1v) is 8.02. The van der Waals surface area contributed by atoms with E-state index in [1.165, 1.54) is 16.7 Å². The van der Waals surface area contributed by atoms with Crippen molar-refractivity contribution in [1.82, 2.24) is 10.2 Å². The van der Waals surface area contributed by atoms with E-state index in [9.17, 15) is 4.79 Å². The van der Waals surface area contributed by atoms with Gasteiger partial charge in [-0.05, 0) is 49.7 Å². The lowest BCUT2D eigenvalue weighted by Crippen LogP contribution is -2.35. The van der Waals surface area contributed by atoms with Gasteiger partial charge in [0.25, 0.3) is 0 Å². The van der Waals surface area contributed by atoms with Crippen molar-refractivity contribution in [3.63, 3.8) is 0 Å². The van der Waals surface area contributed by atoms with Crippen molar-refractivity contribution in [3.05, 3.63) is 34.9 Å². The van der Waals surface area contributed by atoms with Crippen LogP contribution in [0.4, 0.5) is 0 Å². The van der Waals surface area contributed by atoms with Crippen LogP contribution in [0.5, 0.6) is 0 Å². The summed E-state index contributed by atoms with van der Waals surface area (Å²) in [6.45, 7) is 8.81.